The van der Waals surface area contributed by atoms with E-state index in [1.807, 2.05) is 0 Å². The van der Waals surface area contributed by atoms with Gasteiger partial charge in [-0.3, -0.25) is 0 Å². The van der Waals surface area contributed by atoms with Crippen LogP contribution in [0.25, 0.3) is 0 Å². The summed E-state index contributed by atoms with van der Waals surface area (Å²) in [5.41, 5.74) is 2.48. The van der Waals surface area contributed by atoms with Crippen LogP contribution in [0, 0.1) is 52.3 Å². The number of rotatable bonds is 7. The molecule has 0 aromatic carbocycles. The molecule has 3 saturated carbocycles. The summed E-state index contributed by atoms with van der Waals surface area (Å²) in [5.74, 6) is 4.65. The topological polar surface area (TPSA) is 40.1 Å². The number of hydrogen-bond donors (Lipinski definition) is 0. The minimum atomic E-state index is -0.865. The molecule has 2 heteroatoms. The van der Waals surface area contributed by atoms with Gasteiger partial charge in [0.2, 0.25) is 0 Å². The zero-order chi connectivity index (χ0) is 22.4. The molecule has 4 rings (SSSR count). The van der Waals surface area contributed by atoms with E-state index in [1.54, 1.807) is 5.57 Å². The molecule has 0 N–H and O–H groups in total. The molecule has 31 heavy (non-hydrogen) atoms. The number of fused-ring (bicyclic) bond motifs is 5. The van der Waals surface area contributed by atoms with Crippen LogP contribution in [0.1, 0.15) is 112 Å². The average Bonchev–Trinajstić information content (AvgIpc) is 3.05. The molecule has 0 spiro atoms. The second-order valence-corrected chi connectivity index (χ2v) is 13.0. The Hall–Kier alpha value is -0.790. The Kier molecular flexibility index (Phi) is 6.68. The van der Waals surface area contributed by atoms with Crippen LogP contribution >= 0.6 is 0 Å². The van der Waals surface area contributed by atoms with Gasteiger partial charge in [-0.25, -0.2) is 0 Å². The van der Waals surface area contributed by atoms with E-state index in [-0.39, 0.29) is 6.42 Å². The van der Waals surface area contributed by atoms with Crippen molar-refractivity contribution in [2.45, 2.75) is 112 Å². The highest BCUT2D eigenvalue weighted by Crippen LogP contribution is 2.67. The molecule has 0 aromatic rings. The second kappa shape index (κ2) is 8.86. The van der Waals surface area contributed by atoms with Crippen LogP contribution in [0.4, 0.5) is 0 Å². The number of carbonyl (C=O) groups is 1. The molecule has 0 unspecified atom stereocenters. The van der Waals surface area contributed by atoms with Gasteiger partial charge < -0.3 is 9.90 Å². The van der Waals surface area contributed by atoms with Gasteiger partial charge in [0.15, 0.2) is 0 Å². The van der Waals surface area contributed by atoms with Crippen molar-refractivity contribution in [3.63, 3.8) is 0 Å². The lowest BCUT2D eigenvalue weighted by atomic mass is 9.46. The van der Waals surface area contributed by atoms with Crippen LogP contribution in [0.5, 0.6) is 0 Å². The Bertz CT molecular complexity index is 693. The maximum atomic E-state index is 11.1. The highest BCUT2D eigenvalue weighted by Gasteiger charge is 2.59. The first-order valence-corrected chi connectivity index (χ1v) is 13.5. The Morgan fingerprint density at radius 3 is 2.55 bits per heavy atom. The summed E-state index contributed by atoms with van der Waals surface area (Å²) >= 11 is 0. The van der Waals surface area contributed by atoms with Gasteiger partial charge in [0.25, 0.3) is 0 Å². The fourth-order valence-electron chi connectivity index (χ4n) is 9.17. The SMILES string of the molecule is CC(C)CCC[C@@H](C)[C@H]1CC[C@H]2[C@@H]3CC=C4C[C@H](CC(=O)[O-])CC[C@]4(C)[C@H]3CC[C@]12C. The minimum absolute atomic E-state index is 0.249. The first-order chi connectivity index (χ1) is 14.6. The molecule has 0 heterocycles. The first-order valence-electron chi connectivity index (χ1n) is 13.5. The molecule has 4 aliphatic rings. The molecule has 0 aromatic heterocycles. The van der Waals surface area contributed by atoms with Gasteiger partial charge in [0.1, 0.15) is 0 Å². The van der Waals surface area contributed by atoms with Crippen LogP contribution in [0.3, 0.4) is 0 Å². The van der Waals surface area contributed by atoms with E-state index in [1.165, 1.54) is 57.8 Å². The summed E-state index contributed by atoms with van der Waals surface area (Å²) in [4.78, 5) is 11.1. The normalized spacial score (nSPS) is 43.0. The predicted octanol–water partition coefficient (Wildman–Crippen LogP) is 6.78. The van der Waals surface area contributed by atoms with Crippen molar-refractivity contribution in [1.29, 1.82) is 0 Å². The first kappa shape index (κ1) is 23.4. The monoisotopic (exact) mass is 427 g/mol. The Labute approximate surface area is 191 Å². The van der Waals surface area contributed by atoms with Gasteiger partial charge in [0.05, 0.1) is 0 Å². The van der Waals surface area contributed by atoms with Crippen molar-refractivity contribution in [2.75, 3.05) is 0 Å². The average molecular weight is 428 g/mol. The number of carbonyl (C=O) groups excluding carboxylic acids is 1. The third kappa shape index (κ3) is 4.26. The molecular weight excluding hydrogens is 380 g/mol. The summed E-state index contributed by atoms with van der Waals surface area (Å²) in [5, 5.41) is 11.1. The third-order valence-electron chi connectivity index (χ3n) is 10.9. The van der Waals surface area contributed by atoms with Crippen molar-refractivity contribution < 1.29 is 9.90 Å². The van der Waals surface area contributed by atoms with Crippen LogP contribution in [-0.4, -0.2) is 5.97 Å². The Balaban J connectivity index is 1.47. The Morgan fingerprint density at radius 2 is 1.84 bits per heavy atom. The minimum Gasteiger partial charge on any atom is -0.550 e. The van der Waals surface area contributed by atoms with E-state index in [0.29, 0.717) is 16.7 Å². The van der Waals surface area contributed by atoms with Crippen LogP contribution in [0.2, 0.25) is 0 Å². The Morgan fingerprint density at radius 1 is 1.06 bits per heavy atom. The molecule has 3 fully saturated rings. The maximum absolute atomic E-state index is 11.1. The highest BCUT2D eigenvalue weighted by atomic mass is 16.4. The fourth-order valence-corrected chi connectivity index (χ4v) is 9.17. The maximum Gasteiger partial charge on any atom is 0.0417 e. The van der Waals surface area contributed by atoms with Crippen molar-refractivity contribution >= 4 is 5.97 Å². The third-order valence-corrected chi connectivity index (χ3v) is 10.9. The standard InChI is InChI=1S/C29H48O2/c1-19(2)7-6-8-20(3)24-11-12-25-23-10-9-22-17-21(18-27(30)31)13-15-28(22,4)26(23)14-16-29(24,25)5/h9,19-21,23-26H,6-8,10-18H2,1-5H3,(H,30,31)/p-1/t20-,21-,23+,24-,25+,26+,28+,29-/m1/s1. The number of allylic oxidation sites excluding steroid dienone is 2. The van der Waals surface area contributed by atoms with E-state index >= 15 is 0 Å². The zero-order valence-corrected chi connectivity index (χ0v) is 20.9. The van der Waals surface area contributed by atoms with Gasteiger partial charge in [-0.2, -0.15) is 0 Å². The van der Waals surface area contributed by atoms with E-state index in [9.17, 15) is 9.90 Å². The second-order valence-electron chi connectivity index (χ2n) is 13.0. The number of carboxylic acids is 1. The van der Waals surface area contributed by atoms with E-state index in [4.69, 9.17) is 0 Å². The van der Waals surface area contributed by atoms with Gasteiger partial charge in [-0.1, -0.05) is 65.5 Å². The summed E-state index contributed by atoms with van der Waals surface area (Å²) < 4.78 is 0. The number of carboxylic acid groups (broad SMARTS) is 1. The van der Waals surface area contributed by atoms with Crippen LogP contribution in [-0.2, 0) is 4.79 Å². The lowest BCUT2D eigenvalue weighted by Crippen LogP contribution is -2.50. The quantitative estimate of drug-likeness (QED) is 0.420. The highest BCUT2D eigenvalue weighted by molar-refractivity contribution is 5.64. The van der Waals surface area contributed by atoms with E-state index in [2.05, 4.69) is 40.7 Å². The molecule has 0 bridgehead atoms. The molecule has 4 aliphatic carbocycles. The van der Waals surface area contributed by atoms with Crippen molar-refractivity contribution in [1.82, 2.24) is 0 Å². The molecule has 8 atom stereocenters. The molecular formula is C29H47O2-. The van der Waals surface area contributed by atoms with Gasteiger partial charge in [-0.05, 0) is 110 Å². The van der Waals surface area contributed by atoms with Gasteiger partial charge in [-0.15, -0.1) is 0 Å². The van der Waals surface area contributed by atoms with E-state index < -0.39 is 5.97 Å². The van der Waals surface area contributed by atoms with Crippen LogP contribution in [0.15, 0.2) is 11.6 Å². The molecule has 2 nitrogen and oxygen atoms in total. The van der Waals surface area contributed by atoms with Crippen molar-refractivity contribution in [3.05, 3.63) is 11.6 Å². The zero-order valence-electron chi connectivity index (χ0n) is 20.9. The molecule has 0 amide bonds. The lowest BCUT2D eigenvalue weighted by molar-refractivity contribution is -0.307. The smallest absolute Gasteiger partial charge is 0.0417 e. The fraction of sp³-hybridized carbons (Fsp3) is 0.897. The van der Waals surface area contributed by atoms with Gasteiger partial charge >= 0.3 is 0 Å². The van der Waals surface area contributed by atoms with Gasteiger partial charge in [0, 0.05) is 5.97 Å². The summed E-state index contributed by atoms with van der Waals surface area (Å²) in [7, 11) is 0. The molecule has 0 radical (unpaired) electrons. The summed E-state index contributed by atoms with van der Waals surface area (Å²) in [6.07, 6.45) is 17.3. The van der Waals surface area contributed by atoms with E-state index in [0.717, 1.165) is 48.3 Å². The van der Waals surface area contributed by atoms with Crippen molar-refractivity contribution in [3.8, 4) is 0 Å². The summed E-state index contributed by atoms with van der Waals surface area (Å²) in [6, 6.07) is 0. The number of aliphatic carboxylic acids is 1. The van der Waals surface area contributed by atoms with Crippen molar-refractivity contribution in [2.24, 2.45) is 52.3 Å². The predicted molar refractivity (Wildman–Crippen MR) is 126 cm³/mol. The largest absolute Gasteiger partial charge is 0.550 e. The molecule has 176 valence electrons. The number of hydrogen-bond acceptors (Lipinski definition) is 2. The lowest BCUT2D eigenvalue weighted by Gasteiger charge is -2.58. The summed E-state index contributed by atoms with van der Waals surface area (Å²) in [6.45, 7) is 12.5. The van der Waals surface area contributed by atoms with Crippen LogP contribution < -0.4 is 5.11 Å². The molecule has 0 aliphatic heterocycles. The molecule has 0 saturated heterocycles.